The Hall–Kier alpha value is -3.72. The van der Waals surface area contributed by atoms with Crippen LogP contribution in [0.25, 0.3) is 11.1 Å². The van der Waals surface area contributed by atoms with Crippen molar-refractivity contribution in [2.45, 2.75) is 31.4 Å². The highest BCUT2D eigenvalue weighted by molar-refractivity contribution is 6.04. The maximum absolute atomic E-state index is 12.4. The van der Waals surface area contributed by atoms with Crippen LogP contribution in [0.15, 0.2) is 48.5 Å². The summed E-state index contributed by atoms with van der Waals surface area (Å²) < 4.78 is 0. The van der Waals surface area contributed by atoms with Gasteiger partial charge in [0.25, 0.3) is 11.8 Å². The highest BCUT2D eigenvalue weighted by atomic mass is 16.3. The first kappa shape index (κ1) is 22.5. The zero-order valence-corrected chi connectivity index (χ0v) is 18.0. The van der Waals surface area contributed by atoms with Gasteiger partial charge in [-0.2, -0.15) is 0 Å². The summed E-state index contributed by atoms with van der Waals surface area (Å²) in [6, 6.07) is 12.5. The molecule has 2 aliphatic heterocycles. The number of nitrogens with one attached hydrogen (secondary N) is 3. The molecule has 2 fully saturated rings. The second kappa shape index (κ2) is 9.83. The number of likely N-dealkylation sites (tertiary alicyclic amines) is 1. The highest BCUT2D eigenvalue weighted by Gasteiger charge is 2.36. The van der Waals surface area contributed by atoms with E-state index in [-0.39, 0.29) is 11.8 Å². The molecule has 4 rings (SSSR count). The molecule has 0 radical (unpaired) electrons. The van der Waals surface area contributed by atoms with Crippen LogP contribution >= 0.6 is 0 Å². The van der Waals surface area contributed by atoms with E-state index in [0.29, 0.717) is 30.6 Å². The number of imide groups is 1. The van der Waals surface area contributed by atoms with Crippen LogP contribution in [0.4, 0.5) is 4.79 Å². The van der Waals surface area contributed by atoms with Crippen molar-refractivity contribution in [3.05, 3.63) is 59.7 Å². The summed E-state index contributed by atoms with van der Waals surface area (Å²) in [5.74, 6) is -0.533. The van der Waals surface area contributed by atoms with Gasteiger partial charge in [-0.3, -0.25) is 19.7 Å². The molecule has 2 heterocycles. The van der Waals surface area contributed by atoms with Crippen molar-refractivity contribution >= 4 is 23.8 Å². The Morgan fingerprint density at radius 3 is 2.30 bits per heavy atom. The minimum Gasteiger partial charge on any atom is -0.386 e. The third kappa shape index (κ3) is 5.20. The van der Waals surface area contributed by atoms with Gasteiger partial charge < -0.3 is 20.6 Å². The second-order valence-corrected chi connectivity index (χ2v) is 8.18. The van der Waals surface area contributed by atoms with Crippen molar-refractivity contribution < 1.29 is 24.3 Å². The standard InChI is InChI=1S/C24H26N4O5/c29-19-3-1-13-28(19)14-2-12-25-22(31)18-10-6-16(7-11-18)15-4-8-17(9-5-15)21(30)20-23(32)27-24(33)26-20/h4-11,20-21,30H,1-3,12-14H2,(H,25,31)(H2,26,27,32,33). The van der Waals surface area contributed by atoms with Crippen LogP contribution in [0.5, 0.6) is 0 Å². The Bertz CT molecular complexity index is 1050. The van der Waals surface area contributed by atoms with E-state index in [1.807, 2.05) is 29.2 Å². The van der Waals surface area contributed by atoms with Crippen LogP contribution in [0.2, 0.25) is 0 Å². The van der Waals surface area contributed by atoms with Gasteiger partial charge in [-0.1, -0.05) is 36.4 Å². The van der Waals surface area contributed by atoms with E-state index in [0.717, 1.165) is 30.5 Å². The molecule has 9 nitrogen and oxygen atoms in total. The zero-order chi connectivity index (χ0) is 23.4. The molecule has 5 amide bonds. The average molecular weight is 450 g/mol. The molecule has 2 saturated heterocycles. The quantitative estimate of drug-likeness (QED) is 0.356. The van der Waals surface area contributed by atoms with Crippen LogP contribution in [0.3, 0.4) is 0 Å². The lowest BCUT2D eigenvalue weighted by Gasteiger charge is -2.16. The predicted molar refractivity (Wildman–Crippen MR) is 120 cm³/mol. The summed E-state index contributed by atoms with van der Waals surface area (Å²) in [6.45, 7) is 1.98. The number of hydrogen-bond donors (Lipinski definition) is 4. The minimum absolute atomic E-state index is 0.162. The third-order valence-corrected chi connectivity index (χ3v) is 5.92. The lowest BCUT2D eigenvalue weighted by Crippen LogP contribution is -2.35. The Labute approximate surface area is 191 Å². The molecule has 2 aromatic carbocycles. The largest absolute Gasteiger partial charge is 0.386 e. The predicted octanol–water partition coefficient (Wildman–Crippen LogP) is 1.34. The normalized spacial score (nSPS) is 18.8. The summed E-state index contributed by atoms with van der Waals surface area (Å²) in [7, 11) is 0. The fourth-order valence-corrected chi connectivity index (χ4v) is 4.05. The maximum atomic E-state index is 12.4. The molecule has 2 atom stereocenters. The van der Waals surface area contributed by atoms with Crippen molar-refractivity contribution in [1.29, 1.82) is 0 Å². The van der Waals surface area contributed by atoms with E-state index in [9.17, 15) is 24.3 Å². The van der Waals surface area contributed by atoms with E-state index in [1.54, 1.807) is 24.3 Å². The van der Waals surface area contributed by atoms with Crippen molar-refractivity contribution in [3.8, 4) is 11.1 Å². The third-order valence-electron chi connectivity index (χ3n) is 5.92. The average Bonchev–Trinajstić information content (AvgIpc) is 3.39. The van der Waals surface area contributed by atoms with Gasteiger partial charge >= 0.3 is 6.03 Å². The van der Waals surface area contributed by atoms with Crippen LogP contribution in [0, 0.1) is 0 Å². The SMILES string of the molecule is O=C1NC(=O)C(C(O)c2ccc(-c3ccc(C(=O)NCCCN4CCCC4=O)cc3)cc2)N1. The summed E-state index contributed by atoms with van der Waals surface area (Å²) >= 11 is 0. The van der Waals surface area contributed by atoms with E-state index < -0.39 is 24.1 Å². The van der Waals surface area contributed by atoms with Gasteiger partial charge in [0.2, 0.25) is 5.91 Å². The molecule has 0 aromatic heterocycles. The summed E-state index contributed by atoms with van der Waals surface area (Å²) in [5, 5.41) is 17.8. The Balaban J connectivity index is 1.30. The number of aliphatic hydroxyl groups excluding tert-OH is 1. The van der Waals surface area contributed by atoms with E-state index >= 15 is 0 Å². The van der Waals surface area contributed by atoms with Crippen molar-refractivity contribution in [3.63, 3.8) is 0 Å². The van der Waals surface area contributed by atoms with Gasteiger partial charge in [0, 0.05) is 31.6 Å². The number of aliphatic hydroxyl groups is 1. The molecule has 0 bridgehead atoms. The zero-order valence-electron chi connectivity index (χ0n) is 18.0. The number of carbonyl (C=O) groups is 4. The fraction of sp³-hybridized carbons (Fsp3) is 0.333. The maximum Gasteiger partial charge on any atom is 0.322 e. The summed E-state index contributed by atoms with van der Waals surface area (Å²) in [5.41, 5.74) is 2.83. The Morgan fingerprint density at radius 2 is 1.73 bits per heavy atom. The number of urea groups is 1. The fourth-order valence-electron chi connectivity index (χ4n) is 4.05. The van der Waals surface area contributed by atoms with Crippen molar-refractivity contribution in [2.75, 3.05) is 19.6 Å². The molecule has 0 spiro atoms. The highest BCUT2D eigenvalue weighted by Crippen LogP contribution is 2.24. The van der Waals surface area contributed by atoms with Gasteiger partial charge in [0.1, 0.15) is 12.1 Å². The van der Waals surface area contributed by atoms with Crippen LogP contribution in [-0.4, -0.2) is 59.4 Å². The molecular formula is C24H26N4O5. The number of carbonyl (C=O) groups excluding carboxylic acids is 4. The monoisotopic (exact) mass is 450 g/mol. The topological polar surface area (TPSA) is 128 Å². The van der Waals surface area contributed by atoms with Gasteiger partial charge in [0.05, 0.1) is 0 Å². The number of benzene rings is 2. The van der Waals surface area contributed by atoms with E-state index in [1.165, 1.54) is 0 Å². The van der Waals surface area contributed by atoms with Gasteiger partial charge in [-0.15, -0.1) is 0 Å². The smallest absolute Gasteiger partial charge is 0.322 e. The first-order valence-corrected chi connectivity index (χ1v) is 11.0. The number of nitrogens with zero attached hydrogens (tertiary/aromatic N) is 1. The second-order valence-electron chi connectivity index (χ2n) is 8.18. The molecule has 2 aliphatic rings. The molecule has 0 aliphatic carbocycles. The number of amides is 5. The Kier molecular flexibility index (Phi) is 6.69. The van der Waals surface area contributed by atoms with Crippen LogP contribution < -0.4 is 16.0 Å². The summed E-state index contributed by atoms with van der Waals surface area (Å²) in [4.78, 5) is 48.8. The van der Waals surface area contributed by atoms with Crippen molar-refractivity contribution in [1.82, 2.24) is 20.9 Å². The van der Waals surface area contributed by atoms with E-state index in [2.05, 4.69) is 16.0 Å². The minimum atomic E-state index is -1.15. The van der Waals surface area contributed by atoms with Crippen molar-refractivity contribution in [2.24, 2.45) is 0 Å². The van der Waals surface area contributed by atoms with E-state index in [4.69, 9.17) is 0 Å². The molecular weight excluding hydrogens is 424 g/mol. The van der Waals surface area contributed by atoms with Crippen LogP contribution in [-0.2, 0) is 9.59 Å². The number of rotatable bonds is 8. The first-order valence-electron chi connectivity index (χ1n) is 11.0. The van der Waals surface area contributed by atoms with Gasteiger partial charge in [0.15, 0.2) is 0 Å². The molecule has 2 aromatic rings. The lowest BCUT2D eigenvalue weighted by atomic mass is 9.98. The molecule has 172 valence electrons. The van der Waals surface area contributed by atoms with Gasteiger partial charge in [-0.25, -0.2) is 4.79 Å². The lowest BCUT2D eigenvalue weighted by molar-refractivity contribution is -0.127. The van der Waals surface area contributed by atoms with Gasteiger partial charge in [-0.05, 0) is 41.7 Å². The summed E-state index contributed by atoms with van der Waals surface area (Å²) in [6.07, 6.45) is 1.11. The first-order chi connectivity index (χ1) is 15.9. The molecule has 9 heteroatoms. The molecule has 2 unspecified atom stereocenters. The van der Waals surface area contributed by atoms with Crippen LogP contribution in [0.1, 0.15) is 41.3 Å². The molecule has 0 saturated carbocycles. The molecule has 33 heavy (non-hydrogen) atoms. The number of hydrogen-bond acceptors (Lipinski definition) is 5. The Morgan fingerprint density at radius 1 is 1.06 bits per heavy atom. The molecule has 4 N–H and O–H groups in total.